The highest BCUT2D eigenvalue weighted by Gasteiger charge is 2.30. The molecule has 0 aliphatic carbocycles. The second-order valence-electron chi connectivity index (χ2n) is 7.57. The molecule has 3 aromatic carbocycles. The maximum atomic E-state index is 13.3. The number of amides is 1. The normalized spacial score (nSPS) is 11.5. The molecule has 0 aliphatic heterocycles. The number of aromatic nitrogens is 2. The van der Waals surface area contributed by atoms with Crippen molar-refractivity contribution in [2.45, 2.75) is 19.0 Å². The zero-order chi connectivity index (χ0) is 23.4. The van der Waals surface area contributed by atoms with E-state index in [1.165, 1.54) is 30.6 Å². The van der Waals surface area contributed by atoms with Crippen molar-refractivity contribution in [2.75, 3.05) is 6.54 Å². The van der Waals surface area contributed by atoms with Crippen LogP contribution >= 0.6 is 0 Å². The molecule has 1 heterocycles. The van der Waals surface area contributed by atoms with Gasteiger partial charge in [-0.25, -0.2) is 4.98 Å². The molecule has 0 saturated carbocycles. The maximum absolute atomic E-state index is 13.3. The van der Waals surface area contributed by atoms with Gasteiger partial charge in [-0.3, -0.25) is 9.59 Å². The number of aromatic amines is 1. The van der Waals surface area contributed by atoms with Crippen LogP contribution in [-0.4, -0.2) is 22.4 Å². The highest BCUT2D eigenvalue weighted by atomic mass is 19.4. The second-order valence-corrected chi connectivity index (χ2v) is 7.57. The molecule has 0 aliphatic rings. The van der Waals surface area contributed by atoms with Gasteiger partial charge in [0.2, 0.25) is 0 Å². The fourth-order valence-electron chi connectivity index (χ4n) is 3.64. The fraction of sp³-hybridized carbons (Fsp3) is 0.160. The molecule has 0 saturated heterocycles. The zero-order valence-corrected chi connectivity index (χ0v) is 17.4. The first-order valence-electron chi connectivity index (χ1n) is 10.3. The highest BCUT2D eigenvalue weighted by Crippen LogP contribution is 2.34. The molecular formula is C25H20F3N3O2. The predicted molar refractivity (Wildman–Crippen MR) is 120 cm³/mol. The Balaban J connectivity index is 1.66. The van der Waals surface area contributed by atoms with Gasteiger partial charge in [0.05, 0.1) is 22.8 Å². The molecule has 4 aromatic rings. The minimum Gasteiger partial charge on any atom is -0.352 e. The number of nitrogens with zero attached hydrogens (tertiary/aromatic N) is 1. The van der Waals surface area contributed by atoms with E-state index in [1.54, 1.807) is 0 Å². The van der Waals surface area contributed by atoms with Crippen LogP contribution in [0.1, 0.15) is 27.9 Å². The Kier molecular flexibility index (Phi) is 6.26. The number of carbonyl (C=O) groups is 1. The summed E-state index contributed by atoms with van der Waals surface area (Å²) in [6, 6.07) is 17.4. The van der Waals surface area contributed by atoms with E-state index in [9.17, 15) is 22.8 Å². The number of hydrogen-bond acceptors (Lipinski definition) is 3. The third-order valence-corrected chi connectivity index (χ3v) is 5.30. The average molecular weight is 451 g/mol. The standard InChI is InChI=1S/C25H20F3N3O2/c26-25(27,28)18-10-4-9-17(12-18)19-13-21-22(30-15-31-24(21)33)14-20(19)23(32)29-11-5-8-16-6-2-1-3-7-16/h1-4,6-7,9-10,12-15H,5,8,11H2,(H,29,32)(H,30,31,33). The van der Waals surface area contributed by atoms with Crippen molar-refractivity contribution >= 4 is 16.8 Å². The summed E-state index contributed by atoms with van der Waals surface area (Å²) in [7, 11) is 0. The Hall–Kier alpha value is -3.94. The summed E-state index contributed by atoms with van der Waals surface area (Å²) in [5.41, 5.74) is 0.712. The van der Waals surface area contributed by atoms with Crippen molar-refractivity contribution < 1.29 is 18.0 Å². The van der Waals surface area contributed by atoms with Gasteiger partial charge in [0.25, 0.3) is 11.5 Å². The number of benzene rings is 3. The number of carbonyl (C=O) groups excluding carboxylic acids is 1. The summed E-state index contributed by atoms with van der Waals surface area (Å²) in [6.45, 7) is 0.386. The van der Waals surface area contributed by atoms with Gasteiger partial charge in [-0.05, 0) is 53.8 Å². The van der Waals surface area contributed by atoms with E-state index in [2.05, 4.69) is 15.3 Å². The van der Waals surface area contributed by atoms with Crippen LogP contribution in [0.3, 0.4) is 0 Å². The SMILES string of the molecule is O=C(NCCCc1ccccc1)c1cc2nc[nH]c(=O)c2cc1-c1cccc(C(F)(F)F)c1. The molecule has 4 rings (SSSR count). The maximum Gasteiger partial charge on any atom is 0.416 e. The topological polar surface area (TPSA) is 74.8 Å². The first-order chi connectivity index (χ1) is 15.8. The summed E-state index contributed by atoms with van der Waals surface area (Å²) in [6.07, 6.45) is -1.85. The molecular weight excluding hydrogens is 431 g/mol. The Morgan fingerprint density at radius 1 is 1.00 bits per heavy atom. The Bertz CT molecular complexity index is 1350. The summed E-state index contributed by atoms with van der Waals surface area (Å²) >= 11 is 0. The lowest BCUT2D eigenvalue weighted by Gasteiger charge is -2.14. The van der Waals surface area contributed by atoms with Crippen molar-refractivity contribution in [2.24, 2.45) is 0 Å². The Labute approximate surface area is 187 Å². The molecule has 33 heavy (non-hydrogen) atoms. The molecule has 2 N–H and O–H groups in total. The van der Waals surface area contributed by atoms with Crippen LogP contribution in [0.5, 0.6) is 0 Å². The van der Waals surface area contributed by atoms with Crippen molar-refractivity contribution in [1.82, 2.24) is 15.3 Å². The largest absolute Gasteiger partial charge is 0.416 e. The van der Waals surface area contributed by atoms with E-state index in [1.807, 2.05) is 30.3 Å². The van der Waals surface area contributed by atoms with Crippen LogP contribution in [0.15, 0.2) is 77.9 Å². The molecule has 1 amide bonds. The van der Waals surface area contributed by atoms with Crippen LogP contribution in [0.4, 0.5) is 13.2 Å². The molecule has 1 aromatic heterocycles. The molecule has 0 bridgehead atoms. The predicted octanol–water partition coefficient (Wildman–Crippen LogP) is 4.97. The van der Waals surface area contributed by atoms with Gasteiger partial charge in [0.1, 0.15) is 0 Å². The van der Waals surface area contributed by atoms with Gasteiger partial charge >= 0.3 is 6.18 Å². The van der Waals surface area contributed by atoms with Gasteiger partial charge in [0, 0.05) is 12.1 Å². The first kappa shape index (κ1) is 22.3. The molecule has 0 atom stereocenters. The number of fused-ring (bicyclic) bond motifs is 1. The van der Waals surface area contributed by atoms with Gasteiger partial charge in [-0.15, -0.1) is 0 Å². The van der Waals surface area contributed by atoms with E-state index in [4.69, 9.17) is 0 Å². The smallest absolute Gasteiger partial charge is 0.352 e. The fourth-order valence-corrected chi connectivity index (χ4v) is 3.64. The molecule has 0 radical (unpaired) electrons. The van der Waals surface area contributed by atoms with Gasteiger partial charge in [0.15, 0.2) is 0 Å². The quantitative estimate of drug-likeness (QED) is 0.407. The van der Waals surface area contributed by atoms with Crippen molar-refractivity contribution in [3.8, 4) is 11.1 Å². The third kappa shape index (κ3) is 5.11. The number of rotatable bonds is 6. The lowest BCUT2D eigenvalue weighted by molar-refractivity contribution is -0.137. The average Bonchev–Trinajstić information content (AvgIpc) is 2.81. The molecule has 0 fully saturated rings. The van der Waals surface area contributed by atoms with E-state index >= 15 is 0 Å². The zero-order valence-electron chi connectivity index (χ0n) is 17.4. The van der Waals surface area contributed by atoms with Gasteiger partial charge < -0.3 is 10.3 Å². The van der Waals surface area contributed by atoms with E-state index in [0.717, 1.165) is 24.1 Å². The number of H-pyrrole nitrogens is 1. The number of halogens is 3. The number of alkyl halides is 3. The number of nitrogens with one attached hydrogen (secondary N) is 2. The van der Waals surface area contributed by atoms with E-state index < -0.39 is 23.2 Å². The summed E-state index contributed by atoms with van der Waals surface area (Å²) in [4.78, 5) is 31.8. The van der Waals surface area contributed by atoms with E-state index in [0.29, 0.717) is 13.0 Å². The van der Waals surface area contributed by atoms with Crippen molar-refractivity contribution in [1.29, 1.82) is 0 Å². The van der Waals surface area contributed by atoms with Crippen LogP contribution < -0.4 is 10.9 Å². The molecule has 8 heteroatoms. The van der Waals surface area contributed by atoms with Crippen LogP contribution in [0.2, 0.25) is 0 Å². The molecule has 168 valence electrons. The minimum absolute atomic E-state index is 0.152. The summed E-state index contributed by atoms with van der Waals surface area (Å²) in [5, 5.41) is 3.01. The van der Waals surface area contributed by atoms with Crippen LogP contribution in [-0.2, 0) is 12.6 Å². The molecule has 0 spiro atoms. The minimum atomic E-state index is -4.54. The number of aryl methyl sites for hydroxylation is 1. The van der Waals surface area contributed by atoms with Crippen molar-refractivity contribution in [3.05, 3.63) is 100 Å². The monoisotopic (exact) mass is 451 g/mol. The first-order valence-corrected chi connectivity index (χ1v) is 10.3. The highest BCUT2D eigenvalue weighted by molar-refractivity contribution is 6.04. The van der Waals surface area contributed by atoms with Crippen LogP contribution in [0.25, 0.3) is 22.0 Å². The van der Waals surface area contributed by atoms with Gasteiger partial charge in [-0.1, -0.05) is 42.5 Å². The van der Waals surface area contributed by atoms with Gasteiger partial charge in [-0.2, -0.15) is 13.2 Å². The molecule has 0 unspecified atom stereocenters. The molecule has 5 nitrogen and oxygen atoms in total. The summed E-state index contributed by atoms with van der Waals surface area (Å²) in [5.74, 6) is -0.445. The van der Waals surface area contributed by atoms with Crippen LogP contribution in [0, 0.1) is 0 Å². The summed E-state index contributed by atoms with van der Waals surface area (Å²) < 4.78 is 39.8. The third-order valence-electron chi connectivity index (χ3n) is 5.30. The Morgan fingerprint density at radius 3 is 2.55 bits per heavy atom. The van der Waals surface area contributed by atoms with Crippen molar-refractivity contribution in [3.63, 3.8) is 0 Å². The second kappa shape index (κ2) is 9.28. The number of hydrogen-bond donors (Lipinski definition) is 2. The Morgan fingerprint density at radius 2 is 1.79 bits per heavy atom. The lowest BCUT2D eigenvalue weighted by Crippen LogP contribution is -2.25. The van der Waals surface area contributed by atoms with E-state index in [-0.39, 0.29) is 27.6 Å². The lowest BCUT2D eigenvalue weighted by atomic mass is 9.95.